The summed E-state index contributed by atoms with van der Waals surface area (Å²) in [5.74, 6) is 0. The molecule has 246 valence electrons. The minimum absolute atomic E-state index is 1.16. The molecule has 0 aliphatic rings. The molecule has 0 aliphatic carbocycles. The number of hydrogen-bond acceptors (Lipinski definition) is 0. The number of para-hydroxylation sites is 3. The molecule has 0 saturated heterocycles. The van der Waals surface area contributed by atoms with Gasteiger partial charge in [-0.05, 0) is 125 Å². The van der Waals surface area contributed by atoms with Crippen LogP contribution in [0.5, 0.6) is 0 Å². The molecule has 0 radical (unpaired) electrons. The molecule has 0 bridgehead atoms. The van der Waals surface area contributed by atoms with E-state index in [1.807, 2.05) is 0 Å². The maximum Gasteiger partial charge on any atom is 0.0541 e. The zero-order valence-electron chi connectivity index (χ0n) is 29.2. The van der Waals surface area contributed by atoms with Crippen LogP contribution in [0.3, 0.4) is 0 Å². The van der Waals surface area contributed by atoms with Gasteiger partial charge in [0.1, 0.15) is 0 Å². The van der Waals surface area contributed by atoms with Crippen molar-refractivity contribution in [1.82, 2.24) is 9.13 Å². The van der Waals surface area contributed by atoms with Gasteiger partial charge in [-0.3, -0.25) is 0 Å². The quantitative estimate of drug-likeness (QED) is 0.173. The van der Waals surface area contributed by atoms with Crippen molar-refractivity contribution in [3.05, 3.63) is 193 Å². The topological polar surface area (TPSA) is 9.86 Å². The molecule has 0 N–H and O–H groups in total. The van der Waals surface area contributed by atoms with Gasteiger partial charge in [0, 0.05) is 32.9 Å². The molecule has 0 spiro atoms. The molecule has 8 aromatic carbocycles. The maximum absolute atomic E-state index is 2.42. The Balaban J connectivity index is 1.10. The molecule has 52 heavy (non-hydrogen) atoms. The van der Waals surface area contributed by atoms with Crippen molar-refractivity contribution in [2.24, 2.45) is 0 Å². The largest absolute Gasteiger partial charge is 0.309 e. The van der Waals surface area contributed by atoms with E-state index in [1.165, 1.54) is 93.8 Å². The van der Waals surface area contributed by atoms with Crippen molar-refractivity contribution in [3.8, 4) is 44.8 Å². The van der Waals surface area contributed by atoms with Gasteiger partial charge in [0.2, 0.25) is 0 Å². The lowest BCUT2D eigenvalue weighted by atomic mass is 9.93. The van der Waals surface area contributed by atoms with Gasteiger partial charge in [0.05, 0.1) is 22.1 Å². The maximum atomic E-state index is 2.42. The Morgan fingerprint density at radius 3 is 1.44 bits per heavy atom. The average molecular weight is 665 g/mol. The highest BCUT2D eigenvalue weighted by Gasteiger charge is 2.17. The lowest BCUT2D eigenvalue weighted by molar-refractivity contribution is 1.18. The first kappa shape index (κ1) is 30.2. The van der Waals surface area contributed by atoms with E-state index in [4.69, 9.17) is 0 Å². The molecule has 10 rings (SSSR count). The predicted octanol–water partition coefficient (Wildman–Crippen LogP) is 13.5. The normalized spacial score (nSPS) is 11.7. The van der Waals surface area contributed by atoms with Gasteiger partial charge in [-0.15, -0.1) is 0 Å². The fourth-order valence-corrected chi connectivity index (χ4v) is 8.23. The third-order valence-corrected chi connectivity index (χ3v) is 10.8. The van der Waals surface area contributed by atoms with E-state index < -0.39 is 0 Å². The zero-order chi connectivity index (χ0) is 34.8. The highest BCUT2D eigenvalue weighted by atomic mass is 15.0. The summed E-state index contributed by atoms with van der Waals surface area (Å²) in [6, 6.07) is 66.6. The highest BCUT2D eigenvalue weighted by molar-refractivity contribution is 6.12. The van der Waals surface area contributed by atoms with E-state index in [0.29, 0.717) is 0 Å². The van der Waals surface area contributed by atoms with Gasteiger partial charge < -0.3 is 9.13 Å². The van der Waals surface area contributed by atoms with E-state index >= 15 is 0 Å². The summed E-state index contributed by atoms with van der Waals surface area (Å²) in [6.07, 6.45) is 0. The first-order valence-corrected chi connectivity index (χ1v) is 18.0. The predicted molar refractivity (Wildman–Crippen MR) is 221 cm³/mol. The van der Waals surface area contributed by atoms with Crippen molar-refractivity contribution in [2.75, 3.05) is 0 Å². The van der Waals surface area contributed by atoms with E-state index in [1.54, 1.807) is 0 Å². The molecule has 2 heteroatoms. The molecule has 2 aromatic heterocycles. The van der Waals surface area contributed by atoms with Crippen LogP contribution in [0, 0.1) is 13.8 Å². The standard InChI is InChI=1S/C50H36N2/c1-33-13-6-7-18-41(33)44-30-36(24-23-34(44)2)35-14-12-17-40(29-35)52-48-22-11-9-20-43(48)46-32-38(26-28-50(46)52)37-25-27-49-45(31-37)42-19-8-10-21-47(42)51(49)39-15-4-3-5-16-39/h3-32H,1-2H3. The molecule has 2 nitrogen and oxygen atoms in total. The lowest BCUT2D eigenvalue weighted by Gasteiger charge is -2.14. The minimum Gasteiger partial charge on any atom is -0.309 e. The molecule has 0 amide bonds. The van der Waals surface area contributed by atoms with Crippen molar-refractivity contribution in [3.63, 3.8) is 0 Å². The molecule has 0 aliphatic heterocycles. The Kier molecular flexibility index (Phi) is 6.97. The van der Waals surface area contributed by atoms with Crippen molar-refractivity contribution >= 4 is 43.6 Å². The number of hydrogen-bond donors (Lipinski definition) is 0. The van der Waals surface area contributed by atoms with Crippen molar-refractivity contribution in [2.45, 2.75) is 13.8 Å². The number of fused-ring (bicyclic) bond motifs is 6. The summed E-state index contributed by atoms with van der Waals surface area (Å²) < 4.78 is 4.80. The van der Waals surface area contributed by atoms with Crippen LogP contribution in [0.4, 0.5) is 0 Å². The summed E-state index contributed by atoms with van der Waals surface area (Å²) >= 11 is 0. The molecule has 2 heterocycles. The second kappa shape index (κ2) is 12.0. The van der Waals surface area contributed by atoms with Crippen LogP contribution in [-0.2, 0) is 0 Å². The Morgan fingerprint density at radius 1 is 0.288 bits per heavy atom. The summed E-state index contributed by atoms with van der Waals surface area (Å²) in [4.78, 5) is 0. The Bertz CT molecular complexity index is 2980. The average Bonchev–Trinajstić information content (AvgIpc) is 3.71. The van der Waals surface area contributed by atoms with Crippen molar-refractivity contribution < 1.29 is 0 Å². The smallest absolute Gasteiger partial charge is 0.0541 e. The van der Waals surface area contributed by atoms with Crippen LogP contribution in [-0.4, -0.2) is 9.13 Å². The monoisotopic (exact) mass is 664 g/mol. The van der Waals surface area contributed by atoms with Crippen LogP contribution in [0.1, 0.15) is 11.1 Å². The molecule has 0 atom stereocenters. The summed E-state index contributed by atoms with van der Waals surface area (Å²) in [5, 5.41) is 5.03. The van der Waals surface area contributed by atoms with Crippen LogP contribution in [0.15, 0.2) is 182 Å². The first-order chi connectivity index (χ1) is 25.6. The third-order valence-electron chi connectivity index (χ3n) is 10.8. The van der Waals surface area contributed by atoms with E-state index in [0.717, 1.165) is 5.69 Å². The van der Waals surface area contributed by atoms with Gasteiger partial charge in [0.25, 0.3) is 0 Å². The number of nitrogens with zero attached hydrogens (tertiary/aromatic N) is 2. The van der Waals surface area contributed by atoms with Gasteiger partial charge in [-0.2, -0.15) is 0 Å². The Morgan fingerprint density at radius 2 is 0.769 bits per heavy atom. The second-order valence-corrected chi connectivity index (χ2v) is 13.9. The summed E-state index contributed by atoms with van der Waals surface area (Å²) in [6.45, 7) is 4.40. The fourth-order valence-electron chi connectivity index (χ4n) is 8.23. The zero-order valence-corrected chi connectivity index (χ0v) is 29.2. The molecular formula is C50H36N2. The summed E-state index contributed by atoms with van der Waals surface area (Å²) in [7, 11) is 0. The number of rotatable bonds is 5. The number of aryl methyl sites for hydroxylation is 2. The Hall–Kier alpha value is -6.64. The van der Waals surface area contributed by atoms with E-state index in [-0.39, 0.29) is 0 Å². The number of benzene rings is 8. The van der Waals surface area contributed by atoms with E-state index in [2.05, 4.69) is 205 Å². The highest BCUT2D eigenvalue weighted by Crippen LogP contribution is 2.39. The van der Waals surface area contributed by atoms with Crippen LogP contribution >= 0.6 is 0 Å². The molecular weight excluding hydrogens is 629 g/mol. The van der Waals surface area contributed by atoms with Gasteiger partial charge in [0.15, 0.2) is 0 Å². The molecule has 0 fully saturated rings. The van der Waals surface area contributed by atoms with Gasteiger partial charge >= 0.3 is 0 Å². The van der Waals surface area contributed by atoms with Gasteiger partial charge in [-0.1, -0.05) is 115 Å². The molecule has 0 unspecified atom stereocenters. The Labute approximate surface area is 303 Å². The van der Waals surface area contributed by atoms with Crippen molar-refractivity contribution in [1.29, 1.82) is 0 Å². The molecule has 0 saturated carbocycles. The minimum atomic E-state index is 1.16. The van der Waals surface area contributed by atoms with Crippen LogP contribution < -0.4 is 0 Å². The SMILES string of the molecule is Cc1ccccc1-c1cc(-c2cccc(-n3c4ccccc4c4cc(-c5ccc6c(c5)c5ccccc5n6-c5ccccc5)ccc43)c2)ccc1C. The second-order valence-electron chi connectivity index (χ2n) is 13.9. The van der Waals surface area contributed by atoms with Crippen LogP contribution in [0.2, 0.25) is 0 Å². The first-order valence-electron chi connectivity index (χ1n) is 18.0. The van der Waals surface area contributed by atoms with E-state index in [9.17, 15) is 0 Å². The van der Waals surface area contributed by atoms with Crippen LogP contribution in [0.25, 0.3) is 88.4 Å². The third kappa shape index (κ3) is 4.80. The van der Waals surface area contributed by atoms with Gasteiger partial charge in [-0.25, -0.2) is 0 Å². The fraction of sp³-hybridized carbons (Fsp3) is 0.0400. The number of aromatic nitrogens is 2. The lowest BCUT2D eigenvalue weighted by Crippen LogP contribution is -1.95. The molecule has 10 aromatic rings. The summed E-state index contributed by atoms with van der Waals surface area (Å²) in [5.41, 5.74) is 17.2.